The van der Waals surface area contributed by atoms with Gasteiger partial charge in [-0.05, 0) is 6.42 Å². The van der Waals surface area contributed by atoms with Crippen molar-refractivity contribution in [1.82, 2.24) is 0 Å². The van der Waals surface area contributed by atoms with Crippen LogP contribution in [0.4, 0.5) is 8.78 Å². The highest BCUT2D eigenvalue weighted by Crippen LogP contribution is 2.29. The third-order valence-corrected chi connectivity index (χ3v) is 4.33. The van der Waals surface area contributed by atoms with E-state index in [1.54, 1.807) is 13.0 Å². The second-order valence-electron chi connectivity index (χ2n) is 4.29. The molecule has 1 unspecified atom stereocenters. The summed E-state index contributed by atoms with van der Waals surface area (Å²) in [7, 11) is -3.87. The van der Waals surface area contributed by atoms with Crippen molar-refractivity contribution in [2.45, 2.75) is 25.3 Å². The summed E-state index contributed by atoms with van der Waals surface area (Å²) in [6, 6.07) is 6.34. The molecule has 0 aliphatic rings. The second-order valence-corrected chi connectivity index (χ2v) is 6.40. The van der Waals surface area contributed by atoms with Crippen molar-refractivity contribution >= 4 is 9.84 Å². The van der Waals surface area contributed by atoms with Gasteiger partial charge in [0.15, 0.2) is 9.84 Å². The molecule has 18 heavy (non-hydrogen) atoms. The number of halogens is 2. The molecule has 3 nitrogen and oxygen atoms in total. The van der Waals surface area contributed by atoms with Gasteiger partial charge in [-0.3, -0.25) is 0 Å². The van der Waals surface area contributed by atoms with Gasteiger partial charge in [0.1, 0.15) is 5.75 Å². The first kappa shape index (κ1) is 15.0. The third-order valence-electron chi connectivity index (χ3n) is 2.59. The Hall–Kier alpha value is -1.01. The molecule has 1 aromatic rings. The molecule has 102 valence electrons. The van der Waals surface area contributed by atoms with Gasteiger partial charge in [-0.15, -0.1) is 0 Å². The van der Waals surface area contributed by atoms with E-state index in [0.29, 0.717) is 6.42 Å². The zero-order valence-electron chi connectivity index (χ0n) is 10.1. The molecule has 2 N–H and O–H groups in total. The monoisotopic (exact) mass is 277 g/mol. The fourth-order valence-corrected chi connectivity index (χ4v) is 3.27. The molecule has 0 aromatic heterocycles. The summed E-state index contributed by atoms with van der Waals surface area (Å²) in [6.07, 6.45) is 0.441. The average Bonchev–Trinajstić information content (AvgIpc) is 2.28. The Kier molecular flexibility index (Phi) is 4.81. The third kappa shape index (κ3) is 4.34. The smallest absolute Gasteiger partial charge is 0.287 e. The predicted octanol–water partition coefficient (Wildman–Crippen LogP) is 1.93. The maximum Gasteiger partial charge on any atom is 0.287 e. The van der Waals surface area contributed by atoms with E-state index in [2.05, 4.69) is 0 Å². The molecular weight excluding hydrogens is 260 g/mol. The van der Waals surface area contributed by atoms with Crippen LogP contribution in [0.1, 0.15) is 18.9 Å². The molecule has 0 fully saturated rings. The number of hydrogen-bond donors (Lipinski definition) is 1. The minimum atomic E-state index is -3.87. The molecule has 0 saturated heterocycles. The lowest BCUT2D eigenvalue weighted by Crippen LogP contribution is -2.34. The van der Waals surface area contributed by atoms with Gasteiger partial charge in [-0.25, -0.2) is 17.2 Å². The van der Waals surface area contributed by atoms with Crippen molar-refractivity contribution in [3.8, 4) is 0 Å². The standard InChI is InChI=1S/C12H17F2NO2S/c1-2-11(15)8-18(16,17)9-12(13,14)10-6-4-3-5-7-10/h3-7,11H,2,8-9,15H2,1H3. The van der Waals surface area contributed by atoms with Crippen LogP contribution < -0.4 is 5.73 Å². The van der Waals surface area contributed by atoms with Gasteiger partial charge in [0.25, 0.3) is 5.92 Å². The molecule has 0 amide bonds. The second kappa shape index (κ2) is 5.75. The van der Waals surface area contributed by atoms with Crippen LogP contribution in [0.3, 0.4) is 0 Å². The topological polar surface area (TPSA) is 60.2 Å². The molecule has 1 rings (SSSR count). The molecule has 0 spiro atoms. The van der Waals surface area contributed by atoms with E-state index in [9.17, 15) is 17.2 Å². The van der Waals surface area contributed by atoms with Crippen molar-refractivity contribution < 1.29 is 17.2 Å². The molecule has 0 heterocycles. The van der Waals surface area contributed by atoms with Gasteiger partial charge in [0, 0.05) is 11.6 Å². The highest BCUT2D eigenvalue weighted by molar-refractivity contribution is 7.91. The zero-order chi connectivity index (χ0) is 13.8. The Morgan fingerprint density at radius 1 is 1.28 bits per heavy atom. The fourth-order valence-electron chi connectivity index (χ4n) is 1.54. The summed E-state index contributed by atoms with van der Waals surface area (Å²) < 4.78 is 50.8. The highest BCUT2D eigenvalue weighted by Gasteiger charge is 2.37. The number of nitrogens with two attached hydrogens (primary N) is 1. The van der Waals surface area contributed by atoms with E-state index >= 15 is 0 Å². The SMILES string of the molecule is CCC(N)CS(=O)(=O)CC(F)(F)c1ccccc1. The first-order valence-corrected chi connectivity index (χ1v) is 7.48. The van der Waals surface area contributed by atoms with Crippen molar-refractivity contribution in [2.75, 3.05) is 11.5 Å². The zero-order valence-corrected chi connectivity index (χ0v) is 11.0. The predicted molar refractivity (Wildman–Crippen MR) is 67.3 cm³/mol. The maximum atomic E-state index is 13.8. The molecule has 6 heteroatoms. The molecule has 0 saturated carbocycles. The summed E-state index contributed by atoms with van der Waals surface area (Å²) >= 11 is 0. The largest absolute Gasteiger partial charge is 0.327 e. The van der Waals surface area contributed by atoms with Crippen LogP contribution in [-0.4, -0.2) is 26.0 Å². The summed E-state index contributed by atoms with van der Waals surface area (Å²) in [5.74, 6) is -4.99. The lowest BCUT2D eigenvalue weighted by molar-refractivity contribution is 0.0213. The Bertz CT molecular complexity index is 474. The Balaban J connectivity index is 2.83. The lowest BCUT2D eigenvalue weighted by Gasteiger charge is -2.18. The maximum absolute atomic E-state index is 13.8. The minimum absolute atomic E-state index is 0.293. The van der Waals surface area contributed by atoms with E-state index < -0.39 is 33.3 Å². The number of sulfone groups is 1. The minimum Gasteiger partial charge on any atom is -0.327 e. The van der Waals surface area contributed by atoms with Crippen molar-refractivity contribution in [3.63, 3.8) is 0 Å². The summed E-state index contributed by atoms with van der Waals surface area (Å²) in [4.78, 5) is 0. The molecule has 0 radical (unpaired) electrons. The number of hydrogen-bond acceptors (Lipinski definition) is 3. The quantitative estimate of drug-likeness (QED) is 0.864. The van der Waals surface area contributed by atoms with Crippen LogP contribution in [0.25, 0.3) is 0 Å². The number of alkyl halides is 2. The summed E-state index contributed by atoms with van der Waals surface area (Å²) in [5, 5.41) is 0. The Morgan fingerprint density at radius 2 is 1.83 bits per heavy atom. The van der Waals surface area contributed by atoms with Gasteiger partial charge in [-0.2, -0.15) is 0 Å². The molecule has 0 aliphatic heterocycles. The van der Waals surface area contributed by atoms with E-state index in [1.807, 2.05) is 0 Å². The highest BCUT2D eigenvalue weighted by atomic mass is 32.2. The van der Waals surface area contributed by atoms with Crippen LogP contribution >= 0.6 is 0 Å². The van der Waals surface area contributed by atoms with Crippen LogP contribution in [0.5, 0.6) is 0 Å². The van der Waals surface area contributed by atoms with Gasteiger partial charge in [0.2, 0.25) is 0 Å². The van der Waals surface area contributed by atoms with E-state index in [-0.39, 0.29) is 5.56 Å². The molecule has 1 atom stereocenters. The Morgan fingerprint density at radius 3 is 2.33 bits per heavy atom. The van der Waals surface area contributed by atoms with Crippen LogP contribution in [-0.2, 0) is 15.8 Å². The summed E-state index contributed by atoms with van der Waals surface area (Å²) in [6.45, 7) is 1.72. The fraction of sp³-hybridized carbons (Fsp3) is 0.500. The molecule has 0 bridgehead atoms. The van der Waals surface area contributed by atoms with Crippen LogP contribution in [0, 0.1) is 0 Å². The van der Waals surface area contributed by atoms with Gasteiger partial charge >= 0.3 is 0 Å². The number of rotatable bonds is 6. The first-order chi connectivity index (χ1) is 8.27. The molecule has 1 aromatic carbocycles. The van der Waals surface area contributed by atoms with E-state index in [4.69, 9.17) is 5.73 Å². The summed E-state index contributed by atoms with van der Waals surface area (Å²) in [5.41, 5.74) is 5.20. The van der Waals surface area contributed by atoms with Crippen molar-refractivity contribution in [2.24, 2.45) is 5.73 Å². The van der Waals surface area contributed by atoms with Gasteiger partial charge in [0.05, 0.1) is 5.75 Å². The van der Waals surface area contributed by atoms with Gasteiger partial charge in [-0.1, -0.05) is 37.3 Å². The van der Waals surface area contributed by atoms with Crippen molar-refractivity contribution in [3.05, 3.63) is 35.9 Å². The van der Waals surface area contributed by atoms with Crippen LogP contribution in [0.15, 0.2) is 30.3 Å². The van der Waals surface area contributed by atoms with Gasteiger partial charge < -0.3 is 5.73 Å². The molecule has 0 aliphatic carbocycles. The van der Waals surface area contributed by atoms with E-state index in [0.717, 1.165) is 0 Å². The first-order valence-electron chi connectivity index (χ1n) is 5.66. The van der Waals surface area contributed by atoms with E-state index in [1.165, 1.54) is 24.3 Å². The van der Waals surface area contributed by atoms with Crippen LogP contribution in [0.2, 0.25) is 0 Å². The molecular formula is C12H17F2NO2S. The average molecular weight is 277 g/mol. The lowest BCUT2D eigenvalue weighted by atomic mass is 10.1. The Labute approximate surface area is 106 Å². The number of benzene rings is 1. The normalized spacial score (nSPS) is 14.4. The van der Waals surface area contributed by atoms with Crippen molar-refractivity contribution in [1.29, 1.82) is 0 Å².